The Morgan fingerprint density at radius 1 is 1.58 bits per heavy atom. The van der Waals surface area contributed by atoms with E-state index in [4.69, 9.17) is 0 Å². The number of anilines is 1. The molecule has 2 aromatic rings. The van der Waals surface area contributed by atoms with Crippen LogP contribution >= 0.6 is 0 Å². The van der Waals surface area contributed by atoms with Crippen molar-refractivity contribution < 1.29 is 0 Å². The van der Waals surface area contributed by atoms with Gasteiger partial charge in [0.15, 0.2) is 0 Å². The lowest BCUT2D eigenvalue weighted by Crippen LogP contribution is -2.12. The maximum absolute atomic E-state index is 10.9. The molecule has 62 valence electrons. The molecule has 0 saturated carbocycles. The lowest BCUT2D eigenvalue weighted by Gasteiger charge is -1.97. The number of H-pyrrole nitrogens is 2. The van der Waals surface area contributed by atoms with Crippen LogP contribution < -0.4 is 11.0 Å². The van der Waals surface area contributed by atoms with E-state index >= 15 is 0 Å². The van der Waals surface area contributed by atoms with Crippen LogP contribution in [0, 0.1) is 0 Å². The van der Waals surface area contributed by atoms with Gasteiger partial charge in [-0.05, 0) is 0 Å². The summed E-state index contributed by atoms with van der Waals surface area (Å²) in [5.41, 5.74) is 0.190. The third-order valence-corrected chi connectivity index (χ3v) is 1.58. The predicted molar refractivity (Wildman–Crippen MR) is 44.1 cm³/mol. The Bertz CT molecular complexity index is 456. The molecule has 2 rings (SSSR count). The van der Waals surface area contributed by atoms with E-state index < -0.39 is 5.69 Å². The van der Waals surface area contributed by atoms with Gasteiger partial charge in [-0.2, -0.15) is 10.1 Å². The number of aromatic amines is 2. The molecule has 0 amide bonds. The maximum Gasteiger partial charge on any atom is 0.348 e. The first kappa shape index (κ1) is 6.84. The van der Waals surface area contributed by atoms with E-state index in [1.165, 1.54) is 0 Å². The van der Waals surface area contributed by atoms with Crippen molar-refractivity contribution in [1.29, 1.82) is 0 Å². The number of nitrogens with zero attached hydrogens (tertiary/aromatic N) is 2. The molecule has 2 heterocycles. The molecule has 0 aliphatic rings. The summed E-state index contributed by atoms with van der Waals surface area (Å²) in [6.07, 6.45) is 1.60. The van der Waals surface area contributed by atoms with Gasteiger partial charge in [0.05, 0.1) is 11.6 Å². The summed E-state index contributed by atoms with van der Waals surface area (Å²) in [5.74, 6) is 0.530. The van der Waals surface area contributed by atoms with Gasteiger partial charge in [-0.25, -0.2) is 4.79 Å². The third kappa shape index (κ3) is 0.849. The van der Waals surface area contributed by atoms with Crippen LogP contribution in [-0.2, 0) is 0 Å². The SMILES string of the molecule is CNc1nc(=O)[nH]c2[nH]ncc12. The van der Waals surface area contributed by atoms with Crippen LogP contribution in [0.3, 0.4) is 0 Å². The molecule has 6 nitrogen and oxygen atoms in total. The van der Waals surface area contributed by atoms with Crippen LogP contribution in [0.2, 0.25) is 0 Å². The fourth-order valence-corrected chi connectivity index (χ4v) is 1.05. The van der Waals surface area contributed by atoms with E-state index in [1.807, 2.05) is 0 Å². The number of fused-ring (bicyclic) bond motifs is 1. The van der Waals surface area contributed by atoms with Crippen LogP contribution in [0.1, 0.15) is 0 Å². The topological polar surface area (TPSA) is 86.5 Å². The minimum Gasteiger partial charge on any atom is -0.372 e. The van der Waals surface area contributed by atoms with E-state index in [0.717, 1.165) is 5.39 Å². The monoisotopic (exact) mass is 165 g/mol. The molecule has 2 aromatic heterocycles. The van der Waals surface area contributed by atoms with Gasteiger partial charge in [0.2, 0.25) is 0 Å². The minimum absolute atomic E-state index is 0.392. The van der Waals surface area contributed by atoms with Gasteiger partial charge in [0.25, 0.3) is 0 Å². The zero-order chi connectivity index (χ0) is 8.55. The molecule has 0 fully saturated rings. The largest absolute Gasteiger partial charge is 0.372 e. The van der Waals surface area contributed by atoms with E-state index in [-0.39, 0.29) is 0 Å². The number of aromatic nitrogens is 4. The zero-order valence-corrected chi connectivity index (χ0v) is 6.38. The van der Waals surface area contributed by atoms with Crippen LogP contribution in [0.25, 0.3) is 11.0 Å². The first-order valence-corrected chi connectivity index (χ1v) is 3.42. The number of nitrogens with one attached hydrogen (secondary N) is 3. The highest BCUT2D eigenvalue weighted by molar-refractivity contribution is 5.85. The highest BCUT2D eigenvalue weighted by Gasteiger charge is 2.03. The molecule has 0 unspecified atom stereocenters. The van der Waals surface area contributed by atoms with Gasteiger partial charge >= 0.3 is 5.69 Å². The summed E-state index contributed by atoms with van der Waals surface area (Å²) >= 11 is 0. The average molecular weight is 165 g/mol. The van der Waals surface area contributed by atoms with Crippen LogP contribution in [0.4, 0.5) is 5.82 Å². The van der Waals surface area contributed by atoms with Gasteiger partial charge in [-0.15, -0.1) is 0 Å². The molecule has 6 heteroatoms. The molecule has 0 spiro atoms. The molecule has 0 atom stereocenters. The maximum atomic E-state index is 10.9. The van der Waals surface area contributed by atoms with Crippen molar-refractivity contribution >= 4 is 16.9 Å². The lowest BCUT2D eigenvalue weighted by atomic mass is 10.4. The van der Waals surface area contributed by atoms with E-state index in [2.05, 4.69) is 25.5 Å². The quantitative estimate of drug-likeness (QED) is 0.541. The Morgan fingerprint density at radius 3 is 3.17 bits per heavy atom. The molecule has 0 bridgehead atoms. The van der Waals surface area contributed by atoms with Gasteiger partial charge in [0, 0.05) is 7.05 Å². The second-order valence-corrected chi connectivity index (χ2v) is 2.30. The first-order valence-electron chi connectivity index (χ1n) is 3.42. The molecule has 0 aromatic carbocycles. The van der Waals surface area contributed by atoms with Crippen molar-refractivity contribution in [3.8, 4) is 0 Å². The Kier molecular flexibility index (Phi) is 1.33. The molecule has 0 saturated heterocycles. The standard InChI is InChI=1S/C6H7N5O/c1-7-4-3-2-8-11-5(3)10-6(12)9-4/h2H,1H3,(H3,7,8,9,10,11,12). The van der Waals surface area contributed by atoms with Gasteiger partial charge in [0.1, 0.15) is 11.5 Å². The molecule has 0 radical (unpaired) electrons. The highest BCUT2D eigenvalue weighted by atomic mass is 16.1. The summed E-state index contributed by atoms with van der Waals surface area (Å²) in [6.45, 7) is 0. The normalized spacial score (nSPS) is 10.4. The van der Waals surface area contributed by atoms with E-state index in [9.17, 15) is 4.79 Å². The summed E-state index contributed by atoms with van der Waals surface area (Å²) in [4.78, 5) is 17.1. The minimum atomic E-state index is -0.392. The van der Waals surface area contributed by atoms with Gasteiger partial charge < -0.3 is 5.32 Å². The molecule has 0 aliphatic heterocycles. The molecule has 3 N–H and O–H groups in total. The highest BCUT2D eigenvalue weighted by Crippen LogP contribution is 2.12. The van der Waals surface area contributed by atoms with Crippen molar-refractivity contribution in [2.24, 2.45) is 0 Å². The Labute approximate surface area is 67.0 Å². The van der Waals surface area contributed by atoms with Crippen molar-refractivity contribution in [3.05, 3.63) is 16.7 Å². The Morgan fingerprint density at radius 2 is 2.42 bits per heavy atom. The second kappa shape index (κ2) is 2.33. The number of hydrogen-bond acceptors (Lipinski definition) is 4. The van der Waals surface area contributed by atoms with E-state index in [1.54, 1.807) is 13.2 Å². The third-order valence-electron chi connectivity index (χ3n) is 1.58. The molecule has 0 aliphatic carbocycles. The molecular formula is C6H7N5O. The summed E-state index contributed by atoms with van der Waals surface area (Å²) < 4.78 is 0. The zero-order valence-electron chi connectivity index (χ0n) is 6.38. The number of rotatable bonds is 1. The average Bonchev–Trinajstić information content (AvgIpc) is 2.50. The molecular weight excluding hydrogens is 158 g/mol. The predicted octanol–water partition coefficient (Wildman–Crippen LogP) is -0.312. The smallest absolute Gasteiger partial charge is 0.348 e. The van der Waals surface area contributed by atoms with Crippen molar-refractivity contribution in [1.82, 2.24) is 20.2 Å². The van der Waals surface area contributed by atoms with Crippen molar-refractivity contribution in [2.75, 3.05) is 12.4 Å². The lowest BCUT2D eigenvalue weighted by molar-refractivity contribution is 1.06. The summed E-state index contributed by atoms with van der Waals surface area (Å²) in [6, 6.07) is 0. The Hall–Kier alpha value is -1.85. The summed E-state index contributed by atoms with van der Waals surface area (Å²) in [5, 5.41) is 10.0. The first-order chi connectivity index (χ1) is 5.81. The Balaban J connectivity index is 2.89. The van der Waals surface area contributed by atoms with Crippen molar-refractivity contribution in [3.63, 3.8) is 0 Å². The van der Waals surface area contributed by atoms with E-state index in [0.29, 0.717) is 11.5 Å². The number of hydrogen-bond donors (Lipinski definition) is 3. The molecule has 12 heavy (non-hydrogen) atoms. The second-order valence-electron chi connectivity index (χ2n) is 2.30. The van der Waals surface area contributed by atoms with Crippen molar-refractivity contribution in [2.45, 2.75) is 0 Å². The fourth-order valence-electron chi connectivity index (χ4n) is 1.05. The summed E-state index contributed by atoms with van der Waals surface area (Å²) in [7, 11) is 1.70. The fraction of sp³-hybridized carbons (Fsp3) is 0.167. The van der Waals surface area contributed by atoms with Crippen LogP contribution in [0.5, 0.6) is 0 Å². The van der Waals surface area contributed by atoms with Crippen LogP contribution in [-0.4, -0.2) is 27.2 Å². The van der Waals surface area contributed by atoms with Gasteiger partial charge in [-0.3, -0.25) is 10.1 Å². The van der Waals surface area contributed by atoms with Gasteiger partial charge in [-0.1, -0.05) is 0 Å². The van der Waals surface area contributed by atoms with Crippen LogP contribution in [0.15, 0.2) is 11.0 Å².